The third-order valence-corrected chi connectivity index (χ3v) is 6.35. The number of imide groups is 1. The summed E-state index contributed by atoms with van der Waals surface area (Å²) in [5.74, 6) is -0.743. The molecule has 5 rings (SSSR count). The highest BCUT2D eigenvalue weighted by Gasteiger charge is 2.43. The molecule has 8 heteroatoms. The molecule has 2 aliphatic heterocycles. The van der Waals surface area contributed by atoms with Crippen molar-refractivity contribution in [1.29, 1.82) is 0 Å². The molecule has 0 radical (unpaired) electrons. The van der Waals surface area contributed by atoms with E-state index in [-0.39, 0.29) is 5.69 Å². The fraction of sp³-hybridized carbons (Fsp3) is 0.231. The van der Waals surface area contributed by atoms with Crippen molar-refractivity contribution in [3.8, 4) is 0 Å². The van der Waals surface area contributed by atoms with Gasteiger partial charge in [-0.2, -0.15) is 0 Å². The number of aromatic nitrogens is 2. The molecular weight excluding hydrogens is 433 g/mol. The van der Waals surface area contributed by atoms with Crippen LogP contribution in [0.3, 0.4) is 0 Å². The number of piperazine rings is 1. The van der Waals surface area contributed by atoms with Crippen LogP contribution in [0.15, 0.2) is 66.6 Å². The molecule has 3 heterocycles. The van der Waals surface area contributed by atoms with E-state index >= 15 is 0 Å². The van der Waals surface area contributed by atoms with E-state index in [0.717, 1.165) is 16.0 Å². The maximum Gasteiger partial charge on any atom is 0.282 e. The molecule has 0 bridgehead atoms. The van der Waals surface area contributed by atoms with E-state index in [1.807, 2.05) is 36.9 Å². The lowest BCUT2D eigenvalue weighted by Crippen LogP contribution is -2.48. The monoisotopic (exact) mass is 457 g/mol. The molecule has 0 spiro atoms. The summed E-state index contributed by atoms with van der Waals surface area (Å²) in [7, 11) is 0. The van der Waals surface area contributed by atoms with Gasteiger partial charge < -0.3 is 9.80 Å². The van der Waals surface area contributed by atoms with Gasteiger partial charge in [0.1, 0.15) is 11.5 Å². The molecule has 1 fully saturated rings. The predicted molar refractivity (Wildman–Crippen MR) is 128 cm³/mol. The van der Waals surface area contributed by atoms with Crippen molar-refractivity contribution in [3.05, 3.63) is 89.1 Å². The smallest absolute Gasteiger partial charge is 0.282 e. The van der Waals surface area contributed by atoms with Crippen LogP contribution in [0.2, 0.25) is 0 Å². The normalized spacial score (nSPS) is 16.6. The Labute approximate surface area is 197 Å². The molecule has 7 nitrogen and oxygen atoms in total. The van der Waals surface area contributed by atoms with Gasteiger partial charge in [0.2, 0.25) is 5.95 Å². The Morgan fingerprint density at radius 1 is 0.794 bits per heavy atom. The number of nitrogens with zero attached hydrogens (tertiary/aromatic N) is 5. The van der Waals surface area contributed by atoms with Crippen LogP contribution in [0.5, 0.6) is 0 Å². The van der Waals surface area contributed by atoms with Crippen molar-refractivity contribution >= 4 is 29.0 Å². The summed E-state index contributed by atoms with van der Waals surface area (Å²) in [6.07, 6.45) is 3.40. The minimum atomic E-state index is -0.504. The van der Waals surface area contributed by atoms with Crippen molar-refractivity contribution < 1.29 is 14.0 Å². The molecule has 2 amide bonds. The van der Waals surface area contributed by atoms with E-state index in [9.17, 15) is 14.0 Å². The van der Waals surface area contributed by atoms with Gasteiger partial charge in [-0.25, -0.2) is 19.3 Å². The molecule has 1 saturated heterocycles. The first-order chi connectivity index (χ1) is 16.4. The molecule has 3 aromatic rings. The second kappa shape index (κ2) is 8.70. The average molecular weight is 458 g/mol. The van der Waals surface area contributed by atoms with Crippen molar-refractivity contribution in [3.63, 3.8) is 0 Å². The van der Waals surface area contributed by atoms with Crippen LogP contribution < -0.4 is 9.80 Å². The number of amides is 2. The van der Waals surface area contributed by atoms with E-state index in [1.54, 1.807) is 24.5 Å². The van der Waals surface area contributed by atoms with E-state index in [0.29, 0.717) is 49.0 Å². The lowest BCUT2D eigenvalue weighted by molar-refractivity contribution is -0.120. The molecule has 2 aliphatic rings. The lowest BCUT2D eigenvalue weighted by Gasteiger charge is -2.36. The predicted octanol–water partition coefficient (Wildman–Crippen LogP) is 3.34. The van der Waals surface area contributed by atoms with Crippen molar-refractivity contribution in [1.82, 2.24) is 14.9 Å². The van der Waals surface area contributed by atoms with Crippen LogP contribution in [0.1, 0.15) is 16.7 Å². The zero-order valence-electron chi connectivity index (χ0n) is 19.0. The van der Waals surface area contributed by atoms with Gasteiger partial charge in [0.15, 0.2) is 0 Å². The van der Waals surface area contributed by atoms with Gasteiger partial charge in [-0.3, -0.25) is 9.59 Å². The fourth-order valence-corrected chi connectivity index (χ4v) is 4.40. The SMILES string of the molecule is Cc1ccc(C2=C(N3CCN(c4ncccn4)CC3)C(=O)N(c3cccc(F)c3)C2=O)cc1C. The molecule has 0 saturated carbocycles. The molecule has 2 aromatic carbocycles. The first-order valence-electron chi connectivity index (χ1n) is 11.2. The van der Waals surface area contributed by atoms with Gasteiger partial charge in [0, 0.05) is 38.6 Å². The number of carbonyl (C=O) groups is 2. The third-order valence-electron chi connectivity index (χ3n) is 6.35. The van der Waals surface area contributed by atoms with Crippen LogP contribution in [-0.2, 0) is 9.59 Å². The first kappa shape index (κ1) is 21.8. The Balaban J connectivity index is 1.53. The molecular formula is C26H24FN5O2. The summed E-state index contributed by atoms with van der Waals surface area (Å²) in [5, 5.41) is 0. The number of carbonyl (C=O) groups excluding carboxylic acids is 2. The minimum Gasteiger partial charge on any atom is -0.363 e. The van der Waals surface area contributed by atoms with E-state index in [2.05, 4.69) is 14.9 Å². The van der Waals surface area contributed by atoms with E-state index in [1.165, 1.54) is 18.2 Å². The summed E-state index contributed by atoms with van der Waals surface area (Å²) in [4.78, 5) is 41.0. The van der Waals surface area contributed by atoms with Crippen molar-refractivity contribution in [2.75, 3.05) is 36.0 Å². The van der Waals surface area contributed by atoms with Crippen LogP contribution in [0.25, 0.3) is 5.57 Å². The zero-order valence-corrected chi connectivity index (χ0v) is 19.0. The molecule has 0 atom stereocenters. The second-order valence-electron chi connectivity index (χ2n) is 8.47. The maximum absolute atomic E-state index is 14.0. The maximum atomic E-state index is 14.0. The highest BCUT2D eigenvalue weighted by atomic mass is 19.1. The Morgan fingerprint density at radius 2 is 1.50 bits per heavy atom. The minimum absolute atomic E-state index is 0.225. The number of anilines is 2. The topological polar surface area (TPSA) is 69.6 Å². The summed E-state index contributed by atoms with van der Waals surface area (Å²) in [6, 6.07) is 13.1. The summed E-state index contributed by atoms with van der Waals surface area (Å²) < 4.78 is 14.0. The van der Waals surface area contributed by atoms with E-state index < -0.39 is 17.6 Å². The van der Waals surface area contributed by atoms with Gasteiger partial charge in [-0.1, -0.05) is 24.3 Å². The van der Waals surface area contributed by atoms with Gasteiger partial charge in [0.25, 0.3) is 11.8 Å². The standard InChI is InChI=1S/C26H24FN5O2/c1-17-7-8-19(15-18(17)2)22-23(25(34)32(24(22)33)21-6-3-5-20(27)16-21)30-11-13-31(14-12-30)26-28-9-4-10-29-26/h3-10,15-16H,11-14H2,1-2H3. The van der Waals surface area contributed by atoms with E-state index in [4.69, 9.17) is 0 Å². The number of hydrogen-bond acceptors (Lipinski definition) is 6. The largest absolute Gasteiger partial charge is 0.363 e. The van der Waals surface area contributed by atoms with Crippen molar-refractivity contribution in [2.24, 2.45) is 0 Å². The van der Waals surface area contributed by atoms with Crippen LogP contribution in [-0.4, -0.2) is 52.9 Å². The Kier molecular flexibility index (Phi) is 5.57. The van der Waals surface area contributed by atoms with Crippen LogP contribution >= 0.6 is 0 Å². The third kappa shape index (κ3) is 3.81. The Bertz CT molecular complexity index is 1300. The molecule has 34 heavy (non-hydrogen) atoms. The van der Waals surface area contributed by atoms with Gasteiger partial charge in [0.05, 0.1) is 11.3 Å². The summed E-state index contributed by atoms with van der Waals surface area (Å²) in [5.41, 5.74) is 3.74. The molecule has 0 N–H and O–H groups in total. The molecule has 0 unspecified atom stereocenters. The average Bonchev–Trinajstić information content (AvgIpc) is 3.11. The number of aryl methyl sites for hydroxylation is 2. The quantitative estimate of drug-likeness (QED) is 0.560. The summed E-state index contributed by atoms with van der Waals surface area (Å²) in [6.45, 7) is 6.24. The number of hydrogen-bond donors (Lipinski definition) is 0. The molecule has 1 aromatic heterocycles. The van der Waals surface area contributed by atoms with Crippen LogP contribution in [0.4, 0.5) is 16.0 Å². The highest BCUT2D eigenvalue weighted by molar-refractivity contribution is 6.45. The number of benzene rings is 2. The van der Waals surface area contributed by atoms with Gasteiger partial charge in [-0.05, 0) is 54.8 Å². The lowest BCUT2D eigenvalue weighted by atomic mass is 9.99. The Hall–Kier alpha value is -4.07. The van der Waals surface area contributed by atoms with Crippen molar-refractivity contribution in [2.45, 2.75) is 13.8 Å². The summed E-state index contributed by atoms with van der Waals surface area (Å²) >= 11 is 0. The molecule has 172 valence electrons. The zero-order chi connectivity index (χ0) is 23.8. The van der Waals surface area contributed by atoms with Crippen LogP contribution in [0, 0.1) is 19.7 Å². The molecule has 0 aliphatic carbocycles. The van der Waals surface area contributed by atoms with Gasteiger partial charge >= 0.3 is 0 Å². The Morgan fingerprint density at radius 3 is 2.18 bits per heavy atom. The number of rotatable bonds is 4. The number of halogens is 1. The first-order valence-corrected chi connectivity index (χ1v) is 11.2. The second-order valence-corrected chi connectivity index (χ2v) is 8.47. The fourth-order valence-electron chi connectivity index (χ4n) is 4.40. The van der Waals surface area contributed by atoms with Gasteiger partial charge in [-0.15, -0.1) is 0 Å². The highest BCUT2D eigenvalue weighted by Crippen LogP contribution is 2.36.